The van der Waals surface area contributed by atoms with Crippen LogP contribution in [0.15, 0.2) is 54.6 Å². The standard InChI is InChI=1S/C20H20N2O2/c1-3-7-18-21-14(2)19(20(23)24)22(18)17-12-10-16(11-13-17)15-8-5-4-6-9-15/h4-6,8-13H,3,7H2,1-2H3,(H,23,24). The lowest BCUT2D eigenvalue weighted by Crippen LogP contribution is -2.10. The molecule has 1 heterocycles. The maximum Gasteiger partial charge on any atom is 0.354 e. The largest absolute Gasteiger partial charge is 0.477 e. The summed E-state index contributed by atoms with van der Waals surface area (Å²) in [5.41, 5.74) is 3.86. The van der Waals surface area contributed by atoms with E-state index in [1.807, 2.05) is 42.5 Å². The van der Waals surface area contributed by atoms with Crippen molar-refractivity contribution in [2.75, 3.05) is 0 Å². The molecule has 0 amide bonds. The zero-order valence-corrected chi connectivity index (χ0v) is 13.9. The van der Waals surface area contributed by atoms with Crippen LogP contribution in [0, 0.1) is 6.92 Å². The predicted molar refractivity (Wildman–Crippen MR) is 94.7 cm³/mol. The van der Waals surface area contributed by atoms with E-state index in [2.05, 4.69) is 24.0 Å². The molecule has 3 aromatic rings. The molecule has 3 rings (SSSR count). The van der Waals surface area contributed by atoms with Gasteiger partial charge in [-0.1, -0.05) is 49.4 Å². The summed E-state index contributed by atoms with van der Waals surface area (Å²) >= 11 is 0. The summed E-state index contributed by atoms with van der Waals surface area (Å²) < 4.78 is 1.76. The maximum absolute atomic E-state index is 11.7. The highest BCUT2D eigenvalue weighted by Gasteiger charge is 2.20. The Labute approximate surface area is 141 Å². The number of carboxylic acids is 1. The number of imidazole rings is 1. The quantitative estimate of drug-likeness (QED) is 0.753. The first-order valence-electron chi connectivity index (χ1n) is 8.09. The van der Waals surface area contributed by atoms with Crippen LogP contribution in [0.5, 0.6) is 0 Å². The summed E-state index contributed by atoms with van der Waals surface area (Å²) in [5.74, 6) is -0.158. The Morgan fingerprint density at radius 2 is 1.67 bits per heavy atom. The van der Waals surface area contributed by atoms with E-state index in [0.717, 1.165) is 35.5 Å². The average Bonchev–Trinajstić information content (AvgIpc) is 2.92. The Bertz CT molecular complexity index is 849. The van der Waals surface area contributed by atoms with Crippen molar-refractivity contribution in [1.29, 1.82) is 0 Å². The molecule has 1 aromatic heterocycles. The number of benzene rings is 2. The average molecular weight is 320 g/mol. The third-order valence-corrected chi connectivity index (χ3v) is 4.03. The molecule has 0 saturated heterocycles. The molecule has 122 valence electrons. The van der Waals surface area contributed by atoms with Gasteiger partial charge in [-0.3, -0.25) is 4.57 Å². The SMILES string of the molecule is CCCc1nc(C)c(C(=O)O)n1-c1ccc(-c2ccccc2)cc1. The first-order valence-corrected chi connectivity index (χ1v) is 8.09. The van der Waals surface area contributed by atoms with Gasteiger partial charge in [-0.2, -0.15) is 0 Å². The van der Waals surface area contributed by atoms with Gasteiger partial charge in [0.2, 0.25) is 0 Å². The summed E-state index contributed by atoms with van der Waals surface area (Å²) in [6, 6.07) is 18.0. The molecule has 0 radical (unpaired) electrons. The van der Waals surface area contributed by atoms with Gasteiger partial charge in [0.05, 0.1) is 5.69 Å². The molecule has 4 heteroatoms. The second kappa shape index (κ2) is 6.71. The number of rotatable bonds is 5. The first kappa shape index (κ1) is 16.0. The zero-order chi connectivity index (χ0) is 17.1. The normalized spacial score (nSPS) is 10.8. The third kappa shape index (κ3) is 2.95. The van der Waals surface area contributed by atoms with Crippen LogP contribution in [-0.2, 0) is 6.42 Å². The summed E-state index contributed by atoms with van der Waals surface area (Å²) in [7, 11) is 0. The molecule has 0 spiro atoms. The fourth-order valence-electron chi connectivity index (χ4n) is 2.94. The minimum atomic E-state index is -0.950. The van der Waals surface area contributed by atoms with Crippen LogP contribution in [0.1, 0.15) is 35.4 Å². The predicted octanol–water partition coefficient (Wildman–Crippen LogP) is 4.50. The van der Waals surface area contributed by atoms with Gasteiger partial charge in [-0.05, 0) is 36.6 Å². The van der Waals surface area contributed by atoms with Crippen molar-refractivity contribution in [3.63, 3.8) is 0 Å². The molecule has 1 N–H and O–H groups in total. The Kier molecular flexibility index (Phi) is 4.47. The van der Waals surface area contributed by atoms with E-state index in [1.54, 1.807) is 11.5 Å². The second-order valence-corrected chi connectivity index (χ2v) is 5.77. The molecular weight excluding hydrogens is 300 g/mol. The minimum Gasteiger partial charge on any atom is -0.477 e. The molecule has 0 aliphatic rings. The van der Waals surface area contributed by atoms with Crippen molar-refractivity contribution in [3.8, 4) is 16.8 Å². The van der Waals surface area contributed by atoms with Gasteiger partial charge in [0.25, 0.3) is 0 Å². The highest BCUT2D eigenvalue weighted by Crippen LogP contribution is 2.24. The molecule has 4 nitrogen and oxygen atoms in total. The molecule has 0 unspecified atom stereocenters. The van der Waals surface area contributed by atoms with Crippen LogP contribution in [0.25, 0.3) is 16.8 Å². The van der Waals surface area contributed by atoms with Crippen molar-refractivity contribution >= 4 is 5.97 Å². The van der Waals surface area contributed by atoms with Crippen molar-refractivity contribution in [1.82, 2.24) is 9.55 Å². The Morgan fingerprint density at radius 3 is 2.25 bits per heavy atom. The number of nitrogens with zero attached hydrogens (tertiary/aromatic N) is 2. The molecule has 0 atom stereocenters. The smallest absolute Gasteiger partial charge is 0.354 e. The Morgan fingerprint density at radius 1 is 1.04 bits per heavy atom. The van der Waals surface area contributed by atoms with Crippen LogP contribution in [0.3, 0.4) is 0 Å². The van der Waals surface area contributed by atoms with Gasteiger partial charge in [-0.15, -0.1) is 0 Å². The van der Waals surface area contributed by atoms with Gasteiger partial charge in [0.1, 0.15) is 5.82 Å². The summed E-state index contributed by atoms with van der Waals surface area (Å²) in [6.07, 6.45) is 1.66. The number of carboxylic acid groups (broad SMARTS) is 1. The molecule has 0 fully saturated rings. The Balaban J connectivity index is 2.07. The van der Waals surface area contributed by atoms with E-state index >= 15 is 0 Å². The number of aromatic carboxylic acids is 1. The molecular formula is C20H20N2O2. The molecule has 2 aromatic carbocycles. The lowest BCUT2D eigenvalue weighted by molar-refractivity contribution is 0.0687. The molecule has 0 bridgehead atoms. The second-order valence-electron chi connectivity index (χ2n) is 5.77. The van der Waals surface area contributed by atoms with E-state index in [9.17, 15) is 9.90 Å². The van der Waals surface area contributed by atoms with Gasteiger partial charge in [0, 0.05) is 12.1 Å². The van der Waals surface area contributed by atoms with E-state index < -0.39 is 5.97 Å². The lowest BCUT2D eigenvalue weighted by Gasteiger charge is -2.11. The van der Waals surface area contributed by atoms with E-state index in [-0.39, 0.29) is 5.69 Å². The lowest BCUT2D eigenvalue weighted by atomic mass is 10.1. The number of hydrogen-bond acceptors (Lipinski definition) is 2. The maximum atomic E-state index is 11.7. The third-order valence-electron chi connectivity index (χ3n) is 4.03. The van der Waals surface area contributed by atoms with Gasteiger partial charge in [0.15, 0.2) is 5.69 Å². The topological polar surface area (TPSA) is 55.1 Å². The van der Waals surface area contributed by atoms with Crippen molar-refractivity contribution in [3.05, 3.63) is 71.8 Å². The minimum absolute atomic E-state index is 0.242. The Hall–Kier alpha value is -2.88. The first-order chi connectivity index (χ1) is 11.6. The van der Waals surface area contributed by atoms with Gasteiger partial charge >= 0.3 is 5.97 Å². The number of aromatic nitrogens is 2. The van der Waals surface area contributed by atoms with Gasteiger partial charge < -0.3 is 5.11 Å². The van der Waals surface area contributed by atoms with Gasteiger partial charge in [-0.25, -0.2) is 9.78 Å². The van der Waals surface area contributed by atoms with Crippen molar-refractivity contribution < 1.29 is 9.90 Å². The highest BCUT2D eigenvalue weighted by molar-refractivity contribution is 5.88. The monoisotopic (exact) mass is 320 g/mol. The fraction of sp³-hybridized carbons (Fsp3) is 0.200. The van der Waals surface area contributed by atoms with Crippen LogP contribution >= 0.6 is 0 Å². The summed E-state index contributed by atoms with van der Waals surface area (Å²) in [6.45, 7) is 3.81. The van der Waals surface area contributed by atoms with Crippen LogP contribution in [-0.4, -0.2) is 20.6 Å². The summed E-state index contributed by atoms with van der Waals surface area (Å²) in [4.78, 5) is 16.1. The summed E-state index contributed by atoms with van der Waals surface area (Å²) in [5, 5.41) is 9.56. The highest BCUT2D eigenvalue weighted by atomic mass is 16.4. The fourth-order valence-corrected chi connectivity index (χ4v) is 2.94. The van der Waals surface area contributed by atoms with E-state index in [4.69, 9.17) is 0 Å². The number of hydrogen-bond donors (Lipinski definition) is 1. The molecule has 0 aliphatic heterocycles. The molecule has 0 saturated carbocycles. The number of carbonyl (C=O) groups is 1. The van der Waals surface area contributed by atoms with E-state index in [1.165, 1.54) is 0 Å². The van der Waals surface area contributed by atoms with Crippen LogP contribution < -0.4 is 0 Å². The number of aryl methyl sites for hydroxylation is 2. The van der Waals surface area contributed by atoms with Crippen LogP contribution in [0.2, 0.25) is 0 Å². The van der Waals surface area contributed by atoms with Crippen LogP contribution in [0.4, 0.5) is 0 Å². The molecule has 0 aliphatic carbocycles. The molecule has 24 heavy (non-hydrogen) atoms. The zero-order valence-electron chi connectivity index (χ0n) is 13.9. The van der Waals surface area contributed by atoms with Crippen molar-refractivity contribution in [2.45, 2.75) is 26.7 Å². The van der Waals surface area contributed by atoms with E-state index in [0.29, 0.717) is 5.69 Å². The van der Waals surface area contributed by atoms with Crippen molar-refractivity contribution in [2.24, 2.45) is 0 Å².